The number of H-pyrrole nitrogens is 1. The van der Waals surface area contributed by atoms with Gasteiger partial charge in [0.15, 0.2) is 12.1 Å². The monoisotopic (exact) mass is 526 g/mol. The van der Waals surface area contributed by atoms with Crippen LogP contribution in [0.25, 0.3) is 11.3 Å². The first-order chi connectivity index (χ1) is 18.3. The minimum atomic E-state index is -0.525. The molecular formula is C26H35FN8O3. The van der Waals surface area contributed by atoms with E-state index in [-0.39, 0.29) is 23.7 Å². The van der Waals surface area contributed by atoms with Crippen molar-refractivity contribution >= 4 is 29.6 Å². The second-order valence-electron chi connectivity index (χ2n) is 9.38. The van der Waals surface area contributed by atoms with E-state index in [0.717, 1.165) is 17.0 Å². The predicted molar refractivity (Wildman–Crippen MR) is 145 cm³/mol. The van der Waals surface area contributed by atoms with Gasteiger partial charge in [0.05, 0.1) is 18.5 Å². The number of hydrogen-bond donors (Lipinski definition) is 5. The number of halogens is 1. The maximum absolute atomic E-state index is 13.6. The van der Waals surface area contributed by atoms with Gasteiger partial charge in [-0.2, -0.15) is 0 Å². The number of aliphatic imine (C=N–C) groups is 2. The first-order valence-electron chi connectivity index (χ1n) is 12.6. The van der Waals surface area contributed by atoms with Gasteiger partial charge in [0.25, 0.3) is 0 Å². The Balaban J connectivity index is 1.53. The third-order valence-electron chi connectivity index (χ3n) is 6.59. The summed E-state index contributed by atoms with van der Waals surface area (Å²) >= 11 is 0. The highest BCUT2D eigenvalue weighted by atomic mass is 19.1. The Bertz CT molecular complexity index is 1230. The Morgan fingerprint density at radius 2 is 2.08 bits per heavy atom. The number of carbonyl (C=O) groups is 1. The van der Waals surface area contributed by atoms with Crippen LogP contribution in [0.3, 0.4) is 0 Å². The van der Waals surface area contributed by atoms with Crippen molar-refractivity contribution in [3.8, 4) is 0 Å². The van der Waals surface area contributed by atoms with Crippen molar-refractivity contribution in [1.29, 1.82) is 0 Å². The minimum Gasteiger partial charge on any atom is -0.497 e. The van der Waals surface area contributed by atoms with Gasteiger partial charge in [0.2, 0.25) is 5.91 Å². The largest absolute Gasteiger partial charge is 0.497 e. The molecule has 0 saturated carbocycles. The number of amides is 1. The van der Waals surface area contributed by atoms with Crippen LogP contribution in [0.2, 0.25) is 0 Å². The average molecular weight is 527 g/mol. The summed E-state index contributed by atoms with van der Waals surface area (Å²) in [6.45, 7) is 4.07. The molecule has 2 unspecified atom stereocenters. The third-order valence-corrected chi connectivity index (χ3v) is 6.59. The molecule has 4 rings (SSSR count). The molecule has 3 heterocycles. The van der Waals surface area contributed by atoms with Crippen LogP contribution in [0.5, 0.6) is 0 Å². The second kappa shape index (κ2) is 12.2. The van der Waals surface area contributed by atoms with Gasteiger partial charge in [-0.05, 0) is 38.0 Å². The highest BCUT2D eigenvalue weighted by molar-refractivity contribution is 5.87. The topological polar surface area (TPSA) is 151 Å². The van der Waals surface area contributed by atoms with E-state index < -0.39 is 12.4 Å². The van der Waals surface area contributed by atoms with Gasteiger partial charge < -0.3 is 30.8 Å². The molecular weight excluding hydrogens is 491 g/mol. The minimum absolute atomic E-state index is 0.144. The number of nitrogens with two attached hydrogens (primary N) is 1. The van der Waals surface area contributed by atoms with E-state index in [0.29, 0.717) is 48.9 Å². The number of nitrogens with one attached hydrogen (secondary N) is 4. The molecule has 204 valence electrons. The average Bonchev–Trinajstić information content (AvgIpc) is 3.38. The molecule has 1 aromatic heterocycles. The van der Waals surface area contributed by atoms with Crippen molar-refractivity contribution in [3.63, 3.8) is 0 Å². The zero-order valence-electron chi connectivity index (χ0n) is 22.0. The molecule has 6 N–H and O–H groups in total. The highest BCUT2D eigenvalue weighted by Crippen LogP contribution is 2.34. The number of allylic oxidation sites excluding steroid dienone is 6. The molecule has 3 aliphatic rings. The lowest BCUT2D eigenvalue weighted by atomic mass is 9.97. The van der Waals surface area contributed by atoms with Crippen molar-refractivity contribution < 1.29 is 18.7 Å². The van der Waals surface area contributed by atoms with Crippen LogP contribution in [0, 0.1) is 0 Å². The van der Waals surface area contributed by atoms with Crippen LogP contribution in [0.4, 0.5) is 4.39 Å². The maximum atomic E-state index is 13.6. The quantitative estimate of drug-likeness (QED) is 0.314. The van der Waals surface area contributed by atoms with Gasteiger partial charge in [0, 0.05) is 50.9 Å². The van der Waals surface area contributed by atoms with Gasteiger partial charge in [-0.1, -0.05) is 6.08 Å². The summed E-state index contributed by atoms with van der Waals surface area (Å²) in [5.74, 6) is 1.15. The van der Waals surface area contributed by atoms with Gasteiger partial charge >= 0.3 is 0 Å². The van der Waals surface area contributed by atoms with Gasteiger partial charge in [0.1, 0.15) is 29.2 Å². The number of imidazole rings is 1. The van der Waals surface area contributed by atoms with Crippen molar-refractivity contribution in [1.82, 2.24) is 25.9 Å². The normalized spacial score (nSPS) is 22.7. The summed E-state index contributed by atoms with van der Waals surface area (Å²) in [7, 11) is 3.07. The van der Waals surface area contributed by atoms with Crippen LogP contribution in [-0.2, 0) is 14.3 Å². The maximum Gasteiger partial charge on any atom is 0.249 e. The zero-order chi connectivity index (χ0) is 27.2. The summed E-state index contributed by atoms with van der Waals surface area (Å²) in [6, 6.07) is -0.145. The molecule has 4 atom stereocenters. The first kappa shape index (κ1) is 27.3. The summed E-state index contributed by atoms with van der Waals surface area (Å²) in [5, 5.41) is 9.59. The summed E-state index contributed by atoms with van der Waals surface area (Å²) in [5.41, 5.74) is 9.19. The van der Waals surface area contributed by atoms with Crippen LogP contribution in [0.1, 0.15) is 56.2 Å². The fourth-order valence-electron chi connectivity index (χ4n) is 4.28. The first-order valence-corrected chi connectivity index (χ1v) is 12.6. The molecule has 1 aliphatic carbocycles. The van der Waals surface area contributed by atoms with E-state index in [4.69, 9.17) is 20.2 Å². The van der Waals surface area contributed by atoms with E-state index >= 15 is 0 Å². The SMILES string of the molecule is COC1=C(N)N=CC(c2[nH]c(C3=CC=C(F)CC3)nc2C2=CC=NC(NC[C@H](C)NC(=O)[C@H](C)OC)N2)C1. The lowest BCUT2D eigenvalue weighted by molar-refractivity contribution is -0.130. The lowest BCUT2D eigenvalue weighted by Crippen LogP contribution is -2.49. The molecule has 0 bridgehead atoms. The highest BCUT2D eigenvalue weighted by Gasteiger charge is 2.28. The molecule has 0 spiro atoms. The molecule has 0 fully saturated rings. The van der Waals surface area contributed by atoms with Crippen LogP contribution < -0.4 is 21.7 Å². The Labute approximate surface area is 221 Å². The predicted octanol–water partition coefficient (Wildman–Crippen LogP) is 2.20. The number of methoxy groups -OCH3 is 2. The number of hydrogen-bond acceptors (Lipinski definition) is 9. The second-order valence-corrected chi connectivity index (χ2v) is 9.38. The van der Waals surface area contributed by atoms with Crippen molar-refractivity contribution in [2.45, 2.75) is 57.5 Å². The molecule has 1 amide bonds. The van der Waals surface area contributed by atoms with Crippen LogP contribution in [-0.4, -0.2) is 67.5 Å². The summed E-state index contributed by atoms with van der Waals surface area (Å²) in [6.07, 6.45) is 9.04. The van der Waals surface area contributed by atoms with E-state index in [2.05, 4.69) is 30.9 Å². The van der Waals surface area contributed by atoms with E-state index in [1.807, 2.05) is 13.0 Å². The zero-order valence-corrected chi connectivity index (χ0v) is 22.0. The third kappa shape index (κ3) is 6.37. The van der Waals surface area contributed by atoms with E-state index in [1.165, 1.54) is 13.2 Å². The Kier molecular flexibility index (Phi) is 8.74. The molecule has 2 aliphatic heterocycles. The molecule has 0 aromatic carbocycles. The molecule has 11 nitrogen and oxygen atoms in total. The lowest BCUT2D eigenvalue weighted by Gasteiger charge is -2.25. The number of aromatic amines is 1. The fourth-order valence-corrected chi connectivity index (χ4v) is 4.28. The smallest absolute Gasteiger partial charge is 0.249 e. The molecule has 0 saturated heterocycles. The summed E-state index contributed by atoms with van der Waals surface area (Å²) in [4.78, 5) is 29.2. The number of ether oxygens (including phenoxy) is 2. The number of aromatic nitrogens is 2. The number of carbonyl (C=O) groups excluding carboxylic acids is 1. The number of rotatable bonds is 10. The molecule has 12 heteroatoms. The Morgan fingerprint density at radius 1 is 1.26 bits per heavy atom. The van der Waals surface area contributed by atoms with Crippen molar-refractivity contribution in [3.05, 3.63) is 52.8 Å². The number of nitrogens with zero attached hydrogens (tertiary/aromatic N) is 3. The van der Waals surface area contributed by atoms with Crippen molar-refractivity contribution in [2.75, 3.05) is 20.8 Å². The van der Waals surface area contributed by atoms with Gasteiger partial charge in [-0.25, -0.2) is 14.4 Å². The summed E-state index contributed by atoms with van der Waals surface area (Å²) < 4.78 is 24.1. The van der Waals surface area contributed by atoms with Crippen LogP contribution in [0.15, 0.2) is 45.6 Å². The van der Waals surface area contributed by atoms with Crippen LogP contribution >= 0.6 is 0 Å². The Hall–Kier alpha value is -3.77. The Morgan fingerprint density at radius 3 is 2.79 bits per heavy atom. The van der Waals surface area contributed by atoms with Crippen molar-refractivity contribution in [2.24, 2.45) is 15.7 Å². The van der Waals surface area contributed by atoms with E-state index in [1.54, 1.807) is 32.5 Å². The van der Waals surface area contributed by atoms with Gasteiger partial charge in [-0.15, -0.1) is 0 Å². The standard InChI is InChI=1S/C26H35FN8O3/c1-14(32-25(36)15(2)37-3)12-31-26-29-10-9-19(33-26)22-21(17-11-20(38-4)23(28)30-13-17)34-24(35-22)16-5-7-18(27)8-6-16/h5,7,9-10,13-15,17,26,31,33H,6,8,11-12,28H2,1-4H3,(H,32,36)(H,34,35)/t14-,15-,17?,26?/m0/s1. The fraction of sp³-hybridized carbons (Fsp3) is 0.462. The van der Waals surface area contributed by atoms with E-state index in [9.17, 15) is 9.18 Å². The van der Waals surface area contributed by atoms with Gasteiger partial charge in [-0.3, -0.25) is 15.1 Å². The molecule has 1 aromatic rings. The molecule has 0 radical (unpaired) electrons. The molecule has 38 heavy (non-hydrogen) atoms.